The van der Waals surface area contributed by atoms with Crippen LogP contribution in [0.1, 0.15) is 31.0 Å². The summed E-state index contributed by atoms with van der Waals surface area (Å²) in [4.78, 5) is 7.55. The standard InChI is InChI=1S/C18H18N6/c1-2-4-13(5-3-1)21-14-7-6-12(10-14)18-23-22-16-11-20-17-15(24(16)18)8-9-19-17/h1-5,8-9,11-12,14,19,21H,6-7,10H2. The molecule has 1 fully saturated rings. The van der Waals surface area contributed by atoms with Gasteiger partial charge in [-0.15, -0.1) is 10.2 Å². The second-order valence-corrected chi connectivity index (χ2v) is 6.44. The SMILES string of the molecule is c1ccc(NC2CCC(c3nnc4cnc5[nH]ccc5n34)C2)cc1. The molecule has 1 aliphatic carbocycles. The quantitative estimate of drug-likeness (QED) is 0.608. The summed E-state index contributed by atoms with van der Waals surface area (Å²) in [5.74, 6) is 1.47. The van der Waals surface area contributed by atoms with E-state index in [9.17, 15) is 0 Å². The van der Waals surface area contributed by atoms with E-state index < -0.39 is 0 Å². The second kappa shape index (κ2) is 5.33. The highest BCUT2D eigenvalue weighted by atomic mass is 15.3. The van der Waals surface area contributed by atoms with E-state index in [0.717, 1.165) is 41.9 Å². The minimum Gasteiger partial charge on any atom is -0.382 e. The topological polar surface area (TPSA) is 70.9 Å². The van der Waals surface area contributed by atoms with E-state index in [-0.39, 0.29) is 0 Å². The lowest BCUT2D eigenvalue weighted by atomic mass is 10.1. The van der Waals surface area contributed by atoms with Crippen molar-refractivity contribution in [2.45, 2.75) is 31.2 Å². The molecule has 1 aliphatic rings. The van der Waals surface area contributed by atoms with Crippen molar-refractivity contribution < 1.29 is 0 Å². The zero-order valence-corrected chi connectivity index (χ0v) is 13.2. The summed E-state index contributed by atoms with van der Waals surface area (Å²) in [6.45, 7) is 0. The molecule has 0 amide bonds. The van der Waals surface area contributed by atoms with Crippen LogP contribution in [-0.2, 0) is 0 Å². The molecule has 1 saturated carbocycles. The van der Waals surface area contributed by atoms with E-state index in [1.165, 1.54) is 5.69 Å². The first kappa shape index (κ1) is 13.5. The van der Waals surface area contributed by atoms with E-state index in [2.05, 4.69) is 54.1 Å². The minimum atomic E-state index is 0.418. The number of fused-ring (bicyclic) bond motifs is 3. The van der Waals surface area contributed by atoms with Crippen LogP contribution in [-0.4, -0.2) is 30.6 Å². The van der Waals surface area contributed by atoms with E-state index in [0.29, 0.717) is 12.0 Å². The molecule has 0 spiro atoms. The molecule has 2 atom stereocenters. The minimum absolute atomic E-state index is 0.418. The summed E-state index contributed by atoms with van der Waals surface area (Å²) in [5, 5.41) is 12.4. The Morgan fingerprint density at radius 3 is 2.92 bits per heavy atom. The summed E-state index contributed by atoms with van der Waals surface area (Å²) < 4.78 is 2.15. The first-order valence-electron chi connectivity index (χ1n) is 8.37. The number of aromatic amines is 1. The molecule has 6 nitrogen and oxygen atoms in total. The number of nitrogens with zero attached hydrogens (tertiary/aromatic N) is 4. The molecule has 24 heavy (non-hydrogen) atoms. The van der Waals surface area contributed by atoms with Crippen molar-refractivity contribution in [3.05, 3.63) is 54.6 Å². The number of rotatable bonds is 3. The highest BCUT2D eigenvalue weighted by molar-refractivity contribution is 5.74. The van der Waals surface area contributed by atoms with Crippen LogP contribution >= 0.6 is 0 Å². The van der Waals surface area contributed by atoms with Crippen molar-refractivity contribution in [1.29, 1.82) is 0 Å². The van der Waals surface area contributed by atoms with Crippen molar-refractivity contribution in [2.75, 3.05) is 5.32 Å². The predicted molar refractivity (Wildman–Crippen MR) is 93.1 cm³/mol. The Kier molecular flexibility index (Phi) is 3.01. The lowest BCUT2D eigenvalue weighted by Crippen LogP contribution is -2.15. The van der Waals surface area contributed by atoms with Crippen LogP contribution in [0.2, 0.25) is 0 Å². The van der Waals surface area contributed by atoms with Gasteiger partial charge in [-0.25, -0.2) is 4.98 Å². The van der Waals surface area contributed by atoms with Crippen molar-refractivity contribution in [3.63, 3.8) is 0 Å². The number of aromatic nitrogens is 5. The Morgan fingerprint density at radius 2 is 2.00 bits per heavy atom. The lowest BCUT2D eigenvalue weighted by molar-refractivity contribution is 0.652. The molecule has 5 rings (SSSR count). The molecular weight excluding hydrogens is 300 g/mol. The Morgan fingerprint density at radius 1 is 1.08 bits per heavy atom. The van der Waals surface area contributed by atoms with Gasteiger partial charge in [0.25, 0.3) is 0 Å². The fraction of sp³-hybridized carbons (Fsp3) is 0.278. The summed E-state index contributed by atoms with van der Waals surface area (Å²) in [7, 11) is 0. The molecule has 2 unspecified atom stereocenters. The molecule has 0 radical (unpaired) electrons. The van der Waals surface area contributed by atoms with Crippen LogP contribution in [0, 0.1) is 0 Å². The van der Waals surface area contributed by atoms with E-state index in [4.69, 9.17) is 0 Å². The first-order valence-corrected chi connectivity index (χ1v) is 8.37. The monoisotopic (exact) mass is 318 g/mol. The zero-order valence-electron chi connectivity index (χ0n) is 13.2. The third-order valence-corrected chi connectivity index (χ3v) is 4.91. The highest BCUT2D eigenvalue weighted by Crippen LogP contribution is 2.35. The van der Waals surface area contributed by atoms with E-state index >= 15 is 0 Å². The van der Waals surface area contributed by atoms with E-state index in [1.807, 2.05) is 18.3 Å². The van der Waals surface area contributed by atoms with Gasteiger partial charge in [-0.3, -0.25) is 4.40 Å². The van der Waals surface area contributed by atoms with Crippen LogP contribution in [0.15, 0.2) is 48.8 Å². The number of para-hydroxylation sites is 1. The summed E-state index contributed by atoms with van der Waals surface area (Å²) in [5.41, 5.74) is 3.93. The molecule has 0 saturated heterocycles. The Bertz CT molecular complexity index is 987. The number of hydrogen-bond acceptors (Lipinski definition) is 4. The molecule has 4 aromatic rings. The van der Waals surface area contributed by atoms with Crippen LogP contribution < -0.4 is 5.32 Å². The van der Waals surface area contributed by atoms with Gasteiger partial charge in [-0.2, -0.15) is 0 Å². The van der Waals surface area contributed by atoms with Crippen LogP contribution in [0.3, 0.4) is 0 Å². The zero-order chi connectivity index (χ0) is 15.9. The number of benzene rings is 1. The molecule has 1 aromatic carbocycles. The van der Waals surface area contributed by atoms with Crippen molar-refractivity contribution >= 4 is 22.5 Å². The van der Waals surface area contributed by atoms with Crippen LogP contribution in [0.4, 0.5) is 5.69 Å². The van der Waals surface area contributed by atoms with Gasteiger partial charge in [0.05, 0.1) is 11.7 Å². The average Bonchev–Trinajstić information content (AvgIpc) is 3.33. The maximum absolute atomic E-state index is 4.48. The van der Waals surface area contributed by atoms with Gasteiger partial charge in [-0.05, 0) is 37.5 Å². The fourth-order valence-electron chi connectivity index (χ4n) is 3.78. The van der Waals surface area contributed by atoms with Gasteiger partial charge >= 0.3 is 0 Å². The van der Waals surface area contributed by atoms with Gasteiger partial charge in [0.1, 0.15) is 5.82 Å². The van der Waals surface area contributed by atoms with Crippen LogP contribution in [0.5, 0.6) is 0 Å². The molecule has 3 heterocycles. The van der Waals surface area contributed by atoms with Gasteiger partial charge in [0.2, 0.25) is 0 Å². The van der Waals surface area contributed by atoms with Gasteiger partial charge in [0.15, 0.2) is 11.3 Å². The summed E-state index contributed by atoms with van der Waals surface area (Å²) in [6.07, 6.45) is 7.04. The van der Waals surface area contributed by atoms with Gasteiger partial charge < -0.3 is 10.3 Å². The first-order chi connectivity index (χ1) is 11.9. The average molecular weight is 318 g/mol. The molecule has 2 N–H and O–H groups in total. The predicted octanol–water partition coefficient (Wildman–Crippen LogP) is 3.35. The number of H-pyrrole nitrogens is 1. The smallest absolute Gasteiger partial charge is 0.179 e. The highest BCUT2D eigenvalue weighted by Gasteiger charge is 2.29. The third-order valence-electron chi connectivity index (χ3n) is 4.91. The maximum Gasteiger partial charge on any atom is 0.179 e. The van der Waals surface area contributed by atoms with Crippen LogP contribution in [0.25, 0.3) is 16.8 Å². The van der Waals surface area contributed by atoms with Crippen molar-refractivity contribution in [3.8, 4) is 0 Å². The molecule has 120 valence electrons. The fourth-order valence-corrected chi connectivity index (χ4v) is 3.78. The molecule has 0 aliphatic heterocycles. The summed E-state index contributed by atoms with van der Waals surface area (Å²) >= 11 is 0. The van der Waals surface area contributed by atoms with Gasteiger partial charge in [-0.1, -0.05) is 18.2 Å². The molecule has 3 aromatic heterocycles. The Balaban J connectivity index is 1.45. The second-order valence-electron chi connectivity index (χ2n) is 6.44. The van der Waals surface area contributed by atoms with Crippen molar-refractivity contribution in [1.82, 2.24) is 24.6 Å². The number of nitrogens with one attached hydrogen (secondary N) is 2. The van der Waals surface area contributed by atoms with Crippen molar-refractivity contribution in [2.24, 2.45) is 0 Å². The normalized spacial score (nSPS) is 20.8. The maximum atomic E-state index is 4.48. The number of hydrogen-bond donors (Lipinski definition) is 2. The van der Waals surface area contributed by atoms with Gasteiger partial charge in [0, 0.05) is 23.8 Å². The molecule has 0 bridgehead atoms. The summed E-state index contributed by atoms with van der Waals surface area (Å²) in [6, 6.07) is 12.9. The van der Waals surface area contributed by atoms with E-state index in [1.54, 1.807) is 6.20 Å². The Hall–Kier alpha value is -2.89. The lowest BCUT2D eigenvalue weighted by Gasteiger charge is -2.14. The Labute approximate surface area is 138 Å². The third kappa shape index (κ3) is 2.14. The molecule has 6 heteroatoms. The number of anilines is 1. The largest absolute Gasteiger partial charge is 0.382 e. The molecular formula is C18H18N6.